The van der Waals surface area contributed by atoms with E-state index in [2.05, 4.69) is 24.1 Å². The summed E-state index contributed by atoms with van der Waals surface area (Å²) in [4.78, 5) is 11.6. The highest BCUT2D eigenvalue weighted by Gasteiger charge is 2.12. The first-order chi connectivity index (χ1) is 10.2. The Hall–Kier alpha value is -2.01. The first kappa shape index (κ1) is 17.0. The minimum Gasteiger partial charge on any atom is -0.493 e. The molecule has 0 atom stereocenters. The van der Waals surface area contributed by atoms with Gasteiger partial charge in [-0.3, -0.25) is 4.79 Å². The molecule has 116 valence electrons. The normalized spacial score (nSPS) is 10.0. The van der Waals surface area contributed by atoms with Crippen molar-refractivity contribution in [3.63, 3.8) is 0 Å². The van der Waals surface area contributed by atoms with Crippen LogP contribution < -0.4 is 20.1 Å². The molecule has 0 aliphatic rings. The second-order valence-corrected chi connectivity index (χ2v) is 4.51. The Labute approximate surface area is 126 Å². The number of benzene rings is 1. The third-order valence-electron chi connectivity index (χ3n) is 2.81. The largest absolute Gasteiger partial charge is 0.493 e. The number of amides is 1. The first-order valence-electron chi connectivity index (χ1n) is 7.09. The number of ether oxygens (including phenoxy) is 2. The summed E-state index contributed by atoms with van der Waals surface area (Å²) >= 11 is 0. The first-order valence-corrected chi connectivity index (χ1v) is 7.09. The lowest BCUT2D eigenvalue weighted by Gasteiger charge is -2.15. The van der Waals surface area contributed by atoms with Gasteiger partial charge in [0, 0.05) is 18.7 Å². The fourth-order valence-electron chi connectivity index (χ4n) is 1.80. The number of carbonyl (C=O) groups excluding carboxylic acids is 1. The van der Waals surface area contributed by atoms with Crippen molar-refractivity contribution in [2.75, 3.05) is 26.8 Å². The molecule has 1 aromatic rings. The van der Waals surface area contributed by atoms with Gasteiger partial charge >= 0.3 is 0 Å². The van der Waals surface area contributed by atoms with E-state index in [1.807, 2.05) is 18.2 Å². The van der Waals surface area contributed by atoms with Crippen LogP contribution in [-0.4, -0.2) is 32.7 Å². The van der Waals surface area contributed by atoms with Crippen LogP contribution >= 0.6 is 0 Å². The fourth-order valence-corrected chi connectivity index (χ4v) is 1.80. The lowest BCUT2D eigenvalue weighted by molar-refractivity contribution is -0.122. The monoisotopic (exact) mass is 292 g/mol. The van der Waals surface area contributed by atoms with Crippen molar-refractivity contribution >= 4 is 5.91 Å². The van der Waals surface area contributed by atoms with Crippen LogP contribution in [0.15, 0.2) is 30.9 Å². The molecule has 1 aromatic carbocycles. The molecule has 0 heterocycles. The minimum absolute atomic E-state index is 0.0466. The van der Waals surface area contributed by atoms with Gasteiger partial charge in [-0.05, 0) is 19.0 Å². The van der Waals surface area contributed by atoms with Crippen LogP contribution in [0.2, 0.25) is 0 Å². The quantitative estimate of drug-likeness (QED) is 0.510. The van der Waals surface area contributed by atoms with E-state index in [-0.39, 0.29) is 12.5 Å². The molecular formula is C16H24N2O3. The van der Waals surface area contributed by atoms with Crippen molar-refractivity contribution in [3.8, 4) is 11.5 Å². The van der Waals surface area contributed by atoms with E-state index < -0.39 is 0 Å². The Morgan fingerprint density at radius 3 is 2.90 bits per heavy atom. The van der Waals surface area contributed by atoms with Gasteiger partial charge < -0.3 is 20.1 Å². The van der Waals surface area contributed by atoms with Gasteiger partial charge in [0.05, 0.1) is 7.11 Å². The Kier molecular flexibility index (Phi) is 7.97. The van der Waals surface area contributed by atoms with Crippen LogP contribution in [0.4, 0.5) is 0 Å². The van der Waals surface area contributed by atoms with Gasteiger partial charge in [-0.1, -0.05) is 25.1 Å². The molecule has 2 N–H and O–H groups in total. The summed E-state index contributed by atoms with van der Waals surface area (Å²) < 4.78 is 10.9. The van der Waals surface area contributed by atoms with Crippen molar-refractivity contribution in [2.24, 2.45) is 0 Å². The maximum absolute atomic E-state index is 11.6. The summed E-state index contributed by atoms with van der Waals surface area (Å²) in [7, 11) is 1.59. The van der Waals surface area contributed by atoms with Gasteiger partial charge in [-0.2, -0.15) is 0 Å². The van der Waals surface area contributed by atoms with Gasteiger partial charge in [-0.15, -0.1) is 6.58 Å². The Morgan fingerprint density at radius 1 is 1.43 bits per heavy atom. The molecule has 0 fully saturated rings. The standard InChI is InChI=1S/C16H24N2O3/c1-4-9-17-11-13-7-6-8-14(20-3)16(13)21-12-15(19)18-10-5-2/h5-8,17H,2,4,9-12H2,1,3H3,(H,18,19). The second-order valence-electron chi connectivity index (χ2n) is 4.51. The van der Waals surface area contributed by atoms with Crippen LogP contribution in [0.5, 0.6) is 11.5 Å². The molecule has 0 spiro atoms. The minimum atomic E-state index is -0.187. The van der Waals surface area contributed by atoms with E-state index in [0.29, 0.717) is 24.6 Å². The van der Waals surface area contributed by atoms with Crippen LogP contribution in [-0.2, 0) is 11.3 Å². The molecule has 0 radical (unpaired) electrons. The van der Waals surface area contributed by atoms with E-state index in [0.717, 1.165) is 18.5 Å². The van der Waals surface area contributed by atoms with Gasteiger partial charge in [-0.25, -0.2) is 0 Å². The number of hydrogen-bond acceptors (Lipinski definition) is 4. The molecule has 0 aliphatic heterocycles. The predicted octanol–water partition coefficient (Wildman–Crippen LogP) is 1.88. The molecule has 21 heavy (non-hydrogen) atoms. The van der Waals surface area contributed by atoms with Crippen LogP contribution in [0.3, 0.4) is 0 Å². The van der Waals surface area contributed by atoms with E-state index >= 15 is 0 Å². The number of para-hydroxylation sites is 1. The molecule has 0 bridgehead atoms. The summed E-state index contributed by atoms with van der Waals surface area (Å²) in [6, 6.07) is 5.69. The van der Waals surface area contributed by atoms with Gasteiger partial charge in [0.2, 0.25) is 0 Å². The summed E-state index contributed by atoms with van der Waals surface area (Å²) in [5, 5.41) is 5.99. The van der Waals surface area contributed by atoms with E-state index in [1.165, 1.54) is 0 Å². The molecule has 0 unspecified atom stereocenters. The summed E-state index contributed by atoms with van der Waals surface area (Å²) in [5.74, 6) is 1.05. The molecule has 1 amide bonds. The third-order valence-corrected chi connectivity index (χ3v) is 2.81. The van der Waals surface area contributed by atoms with Gasteiger partial charge in [0.25, 0.3) is 5.91 Å². The number of hydrogen-bond donors (Lipinski definition) is 2. The number of nitrogens with one attached hydrogen (secondary N) is 2. The molecule has 5 nitrogen and oxygen atoms in total. The Morgan fingerprint density at radius 2 is 2.24 bits per heavy atom. The molecular weight excluding hydrogens is 268 g/mol. The van der Waals surface area contributed by atoms with Crippen LogP contribution in [0, 0.1) is 0 Å². The molecule has 1 rings (SSSR count). The smallest absolute Gasteiger partial charge is 0.258 e. The highest BCUT2D eigenvalue weighted by molar-refractivity contribution is 5.77. The zero-order chi connectivity index (χ0) is 15.5. The predicted molar refractivity (Wildman–Crippen MR) is 83.7 cm³/mol. The Balaban J connectivity index is 2.71. The Bertz CT molecular complexity index is 461. The number of rotatable bonds is 10. The zero-order valence-corrected chi connectivity index (χ0v) is 12.8. The van der Waals surface area contributed by atoms with Crippen molar-refractivity contribution in [2.45, 2.75) is 19.9 Å². The van der Waals surface area contributed by atoms with Crippen molar-refractivity contribution in [1.82, 2.24) is 10.6 Å². The van der Waals surface area contributed by atoms with Crippen molar-refractivity contribution in [3.05, 3.63) is 36.4 Å². The van der Waals surface area contributed by atoms with Crippen LogP contribution in [0.1, 0.15) is 18.9 Å². The molecule has 0 aliphatic carbocycles. The maximum Gasteiger partial charge on any atom is 0.258 e. The average Bonchev–Trinajstić information content (AvgIpc) is 2.51. The summed E-state index contributed by atoms with van der Waals surface area (Å²) in [5.41, 5.74) is 0.972. The maximum atomic E-state index is 11.6. The molecule has 0 saturated heterocycles. The average molecular weight is 292 g/mol. The van der Waals surface area contributed by atoms with Crippen molar-refractivity contribution in [1.29, 1.82) is 0 Å². The van der Waals surface area contributed by atoms with E-state index in [9.17, 15) is 4.79 Å². The second kappa shape index (κ2) is 9.83. The van der Waals surface area contributed by atoms with E-state index in [1.54, 1.807) is 13.2 Å². The highest BCUT2D eigenvalue weighted by Crippen LogP contribution is 2.30. The summed E-state index contributed by atoms with van der Waals surface area (Å²) in [6.07, 6.45) is 2.69. The molecule has 0 saturated carbocycles. The van der Waals surface area contributed by atoms with Crippen LogP contribution in [0.25, 0.3) is 0 Å². The molecule has 5 heteroatoms. The molecule has 0 aromatic heterocycles. The van der Waals surface area contributed by atoms with Gasteiger partial charge in [0.15, 0.2) is 18.1 Å². The van der Waals surface area contributed by atoms with E-state index in [4.69, 9.17) is 9.47 Å². The topological polar surface area (TPSA) is 59.6 Å². The lowest BCUT2D eigenvalue weighted by Crippen LogP contribution is -2.29. The lowest BCUT2D eigenvalue weighted by atomic mass is 10.2. The zero-order valence-electron chi connectivity index (χ0n) is 12.8. The SMILES string of the molecule is C=CCNC(=O)COc1c(CNCCC)cccc1OC. The fraction of sp³-hybridized carbons (Fsp3) is 0.438. The van der Waals surface area contributed by atoms with Gasteiger partial charge in [0.1, 0.15) is 0 Å². The summed E-state index contributed by atoms with van der Waals surface area (Å²) in [6.45, 7) is 7.65. The highest BCUT2D eigenvalue weighted by atomic mass is 16.5. The third kappa shape index (κ3) is 5.87. The van der Waals surface area contributed by atoms with Crippen molar-refractivity contribution < 1.29 is 14.3 Å². The number of methoxy groups -OCH3 is 1. The number of carbonyl (C=O) groups is 1.